The van der Waals surface area contributed by atoms with Crippen molar-refractivity contribution in [2.24, 2.45) is 5.73 Å². The Morgan fingerprint density at radius 1 is 1.11 bits per heavy atom. The maximum Gasteiger partial charge on any atom is 0.0416 e. The van der Waals surface area contributed by atoms with Crippen LogP contribution in [0.25, 0.3) is 0 Å². The van der Waals surface area contributed by atoms with Gasteiger partial charge in [-0.05, 0) is 43.9 Å². The average molecular weight is 254 g/mol. The number of benzene rings is 1. The van der Waals surface area contributed by atoms with Gasteiger partial charge in [-0.1, -0.05) is 30.3 Å². The molecule has 1 aliphatic rings. The molecular formula is C17H22N2. The normalized spacial score (nSPS) is 31.3. The van der Waals surface area contributed by atoms with Gasteiger partial charge in [0.2, 0.25) is 0 Å². The van der Waals surface area contributed by atoms with Crippen LogP contribution in [0.5, 0.6) is 0 Å². The predicted molar refractivity (Wildman–Crippen MR) is 79.1 cm³/mol. The summed E-state index contributed by atoms with van der Waals surface area (Å²) in [7, 11) is 0. The van der Waals surface area contributed by atoms with E-state index in [1.165, 1.54) is 18.4 Å². The van der Waals surface area contributed by atoms with Crippen LogP contribution < -0.4 is 5.73 Å². The summed E-state index contributed by atoms with van der Waals surface area (Å²) in [5.41, 5.74) is 7.87. The van der Waals surface area contributed by atoms with Crippen molar-refractivity contribution in [3.8, 4) is 0 Å². The smallest absolute Gasteiger partial charge is 0.0416 e. The summed E-state index contributed by atoms with van der Waals surface area (Å²) in [6.45, 7) is 2.21. The second-order valence-corrected chi connectivity index (χ2v) is 5.98. The average Bonchev–Trinajstić information content (AvgIpc) is 2.92. The Balaban J connectivity index is 2.03. The van der Waals surface area contributed by atoms with Gasteiger partial charge in [-0.15, -0.1) is 0 Å². The molecule has 3 atom stereocenters. The first-order valence-electron chi connectivity index (χ1n) is 7.15. The van der Waals surface area contributed by atoms with E-state index in [-0.39, 0.29) is 5.54 Å². The molecule has 1 aliphatic carbocycles. The molecule has 1 saturated carbocycles. The Bertz CT molecular complexity index is 513. The topological polar surface area (TPSA) is 30.9 Å². The number of hydrogen-bond acceptors (Lipinski definition) is 1. The number of nitrogens with two attached hydrogens (primary N) is 1. The van der Waals surface area contributed by atoms with Crippen LogP contribution in [0.4, 0.5) is 0 Å². The fourth-order valence-electron chi connectivity index (χ4n) is 3.61. The molecule has 2 aromatic rings. The van der Waals surface area contributed by atoms with Crippen LogP contribution >= 0.6 is 0 Å². The monoisotopic (exact) mass is 254 g/mol. The van der Waals surface area contributed by atoms with Crippen molar-refractivity contribution in [1.82, 2.24) is 4.57 Å². The minimum atomic E-state index is -0.130. The highest BCUT2D eigenvalue weighted by atomic mass is 15.0. The van der Waals surface area contributed by atoms with Crippen molar-refractivity contribution >= 4 is 0 Å². The zero-order valence-electron chi connectivity index (χ0n) is 11.5. The third kappa shape index (κ3) is 2.33. The van der Waals surface area contributed by atoms with Crippen LogP contribution in [0, 0.1) is 0 Å². The molecule has 1 fully saturated rings. The number of aromatic nitrogens is 1. The zero-order chi connectivity index (χ0) is 13.3. The van der Waals surface area contributed by atoms with Gasteiger partial charge in [0.1, 0.15) is 0 Å². The molecule has 0 spiro atoms. The molecule has 19 heavy (non-hydrogen) atoms. The fraction of sp³-hybridized carbons (Fsp3) is 0.412. The first-order chi connectivity index (χ1) is 9.18. The Morgan fingerprint density at radius 2 is 1.79 bits per heavy atom. The molecule has 2 nitrogen and oxygen atoms in total. The molecule has 0 saturated heterocycles. The molecule has 0 amide bonds. The van der Waals surface area contributed by atoms with E-state index < -0.39 is 0 Å². The quantitative estimate of drug-likeness (QED) is 0.870. The zero-order valence-corrected chi connectivity index (χ0v) is 11.5. The van der Waals surface area contributed by atoms with Crippen LogP contribution in [0.15, 0.2) is 54.9 Å². The standard InChI is InChI=1S/C17H22N2/c1-17(18)11-7-10-15(19-12-5-6-13-19)16(17)14-8-3-2-4-9-14/h2-6,8-9,12-13,15-16H,7,10-11,18H2,1H3/t15-,16-,17-/m0/s1. The summed E-state index contributed by atoms with van der Waals surface area (Å²) in [5, 5.41) is 0. The molecule has 0 bridgehead atoms. The molecule has 1 aromatic carbocycles. The van der Waals surface area contributed by atoms with Gasteiger partial charge >= 0.3 is 0 Å². The van der Waals surface area contributed by atoms with Gasteiger partial charge in [0.15, 0.2) is 0 Å². The SMILES string of the molecule is C[C@]1(N)CCC[C@H](n2cccc2)[C@@H]1c1ccccc1. The maximum absolute atomic E-state index is 6.64. The van der Waals surface area contributed by atoms with Crippen LogP contribution in [0.2, 0.25) is 0 Å². The van der Waals surface area contributed by atoms with E-state index in [1.54, 1.807) is 0 Å². The van der Waals surface area contributed by atoms with Crippen LogP contribution in [-0.4, -0.2) is 10.1 Å². The van der Waals surface area contributed by atoms with E-state index in [0.29, 0.717) is 12.0 Å². The Morgan fingerprint density at radius 3 is 2.47 bits per heavy atom. The molecule has 0 aliphatic heterocycles. The van der Waals surface area contributed by atoms with Gasteiger partial charge in [0.25, 0.3) is 0 Å². The first-order valence-corrected chi connectivity index (χ1v) is 7.15. The van der Waals surface area contributed by atoms with Crippen LogP contribution in [0.3, 0.4) is 0 Å². The van der Waals surface area contributed by atoms with Crippen molar-refractivity contribution in [2.45, 2.75) is 43.7 Å². The molecule has 100 valence electrons. The van der Waals surface area contributed by atoms with Crippen LogP contribution in [0.1, 0.15) is 43.7 Å². The van der Waals surface area contributed by atoms with Crippen molar-refractivity contribution in [3.63, 3.8) is 0 Å². The third-order valence-electron chi connectivity index (χ3n) is 4.48. The second kappa shape index (κ2) is 4.86. The molecule has 2 N–H and O–H groups in total. The molecule has 0 unspecified atom stereocenters. The van der Waals surface area contributed by atoms with Crippen molar-refractivity contribution in [2.75, 3.05) is 0 Å². The summed E-state index contributed by atoms with van der Waals surface area (Å²) >= 11 is 0. The summed E-state index contributed by atoms with van der Waals surface area (Å²) < 4.78 is 2.34. The Kier molecular flexibility index (Phi) is 3.19. The second-order valence-electron chi connectivity index (χ2n) is 5.98. The summed E-state index contributed by atoms with van der Waals surface area (Å²) in [6, 6.07) is 15.4. The predicted octanol–water partition coefficient (Wildman–Crippen LogP) is 3.71. The number of rotatable bonds is 2. The van der Waals surface area contributed by atoms with E-state index >= 15 is 0 Å². The highest BCUT2D eigenvalue weighted by Gasteiger charge is 2.40. The van der Waals surface area contributed by atoms with Gasteiger partial charge in [0.05, 0.1) is 0 Å². The molecule has 1 aromatic heterocycles. The summed E-state index contributed by atoms with van der Waals surface area (Å²) in [5.74, 6) is 0.384. The van der Waals surface area contributed by atoms with Gasteiger partial charge in [-0.25, -0.2) is 0 Å². The lowest BCUT2D eigenvalue weighted by atomic mass is 9.68. The Labute approximate surface area is 115 Å². The minimum absolute atomic E-state index is 0.130. The van der Waals surface area contributed by atoms with E-state index in [9.17, 15) is 0 Å². The largest absolute Gasteiger partial charge is 0.351 e. The first kappa shape index (κ1) is 12.5. The lowest BCUT2D eigenvalue weighted by molar-refractivity contribution is 0.198. The van der Waals surface area contributed by atoms with Gasteiger partial charge in [-0.2, -0.15) is 0 Å². The Hall–Kier alpha value is -1.54. The molecular weight excluding hydrogens is 232 g/mol. The van der Waals surface area contributed by atoms with E-state index in [2.05, 4.69) is 66.3 Å². The summed E-state index contributed by atoms with van der Waals surface area (Å²) in [4.78, 5) is 0. The highest BCUT2D eigenvalue weighted by molar-refractivity contribution is 5.26. The third-order valence-corrected chi connectivity index (χ3v) is 4.48. The number of hydrogen-bond donors (Lipinski definition) is 1. The van der Waals surface area contributed by atoms with Gasteiger partial charge in [0, 0.05) is 29.9 Å². The molecule has 3 rings (SSSR count). The fourth-order valence-corrected chi connectivity index (χ4v) is 3.61. The lowest BCUT2D eigenvalue weighted by Gasteiger charge is -2.44. The number of nitrogens with zero attached hydrogens (tertiary/aromatic N) is 1. The van der Waals surface area contributed by atoms with Gasteiger partial charge in [-0.3, -0.25) is 0 Å². The van der Waals surface area contributed by atoms with Crippen LogP contribution in [-0.2, 0) is 0 Å². The highest BCUT2D eigenvalue weighted by Crippen LogP contribution is 2.45. The van der Waals surface area contributed by atoms with Crippen molar-refractivity contribution in [3.05, 3.63) is 60.4 Å². The lowest BCUT2D eigenvalue weighted by Crippen LogP contribution is -2.48. The molecule has 0 radical (unpaired) electrons. The van der Waals surface area contributed by atoms with E-state index in [1.807, 2.05) is 0 Å². The van der Waals surface area contributed by atoms with E-state index in [4.69, 9.17) is 5.73 Å². The van der Waals surface area contributed by atoms with Crippen molar-refractivity contribution < 1.29 is 0 Å². The molecule has 2 heteroatoms. The van der Waals surface area contributed by atoms with Gasteiger partial charge < -0.3 is 10.3 Å². The van der Waals surface area contributed by atoms with Crippen molar-refractivity contribution in [1.29, 1.82) is 0 Å². The minimum Gasteiger partial charge on any atom is -0.351 e. The molecule has 1 heterocycles. The summed E-state index contributed by atoms with van der Waals surface area (Å²) in [6.07, 6.45) is 7.86. The van der Waals surface area contributed by atoms with E-state index in [0.717, 1.165) is 6.42 Å². The maximum atomic E-state index is 6.64.